The number of imidazole rings is 1. The van der Waals surface area contributed by atoms with Gasteiger partial charge in [0.15, 0.2) is 17.3 Å². The molecule has 3 heterocycles. The number of nitrogens with one attached hydrogen (secondary N) is 2. The molecule has 3 aromatic heterocycles. The Kier molecular flexibility index (Phi) is 2.48. The lowest BCUT2D eigenvalue weighted by molar-refractivity contribution is 1.10. The van der Waals surface area contributed by atoms with E-state index in [1.54, 1.807) is 17.7 Å². The SMILES string of the molecule is c1ccc2c(-c3nc(NC4CC4)c4[nH]cnc4n3)csc2c1. The van der Waals surface area contributed by atoms with E-state index in [2.05, 4.69) is 49.9 Å². The summed E-state index contributed by atoms with van der Waals surface area (Å²) in [6, 6.07) is 8.89. The fraction of sp³-hybridized carbons (Fsp3) is 0.188. The van der Waals surface area contributed by atoms with Gasteiger partial charge in [0.05, 0.1) is 6.33 Å². The number of hydrogen-bond acceptors (Lipinski definition) is 5. The van der Waals surface area contributed by atoms with Gasteiger partial charge < -0.3 is 10.3 Å². The van der Waals surface area contributed by atoms with Crippen LogP contribution in [-0.4, -0.2) is 26.0 Å². The molecule has 4 aromatic rings. The van der Waals surface area contributed by atoms with Crippen LogP contribution in [0.15, 0.2) is 36.0 Å². The number of hydrogen-bond donors (Lipinski definition) is 2. The molecule has 0 spiro atoms. The summed E-state index contributed by atoms with van der Waals surface area (Å²) >= 11 is 1.72. The van der Waals surface area contributed by atoms with Gasteiger partial charge in [0.2, 0.25) is 0 Å². The van der Waals surface area contributed by atoms with Crippen LogP contribution in [0.5, 0.6) is 0 Å². The molecule has 22 heavy (non-hydrogen) atoms. The monoisotopic (exact) mass is 307 g/mol. The van der Waals surface area contributed by atoms with Gasteiger partial charge >= 0.3 is 0 Å². The number of rotatable bonds is 3. The Morgan fingerprint density at radius 2 is 2.09 bits per heavy atom. The Morgan fingerprint density at radius 1 is 1.18 bits per heavy atom. The number of anilines is 1. The van der Waals surface area contributed by atoms with Crippen LogP contribution < -0.4 is 5.32 Å². The summed E-state index contributed by atoms with van der Waals surface area (Å²) < 4.78 is 1.25. The fourth-order valence-electron chi connectivity index (χ4n) is 2.63. The van der Waals surface area contributed by atoms with E-state index in [1.165, 1.54) is 22.9 Å². The summed E-state index contributed by atoms with van der Waals surface area (Å²) in [6.45, 7) is 0. The molecule has 1 aliphatic carbocycles. The van der Waals surface area contributed by atoms with Gasteiger partial charge in [0.25, 0.3) is 0 Å². The average Bonchev–Trinajstić information content (AvgIpc) is 3.07. The molecule has 5 nitrogen and oxygen atoms in total. The third-order valence-electron chi connectivity index (χ3n) is 3.93. The van der Waals surface area contributed by atoms with Crippen molar-refractivity contribution in [1.82, 2.24) is 19.9 Å². The van der Waals surface area contributed by atoms with Crippen LogP contribution in [0.3, 0.4) is 0 Å². The van der Waals surface area contributed by atoms with E-state index in [4.69, 9.17) is 4.98 Å². The summed E-state index contributed by atoms with van der Waals surface area (Å²) in [5, 5.41) is 6.80. The molecule has 5 rings (SSSR count). The number of aromatic amines is 1. The molecule has 0 aliphatic heterocycles. The van der Waals surface area contributed by atoms with Crippen molar-refractivity contribution in [2.24, 2.45) is 0 Å². The smallest absolute Gasteiger partial charge is 0.183 e. The highest BCUT2D eigenvalue weighted by molar-refractivity contribution is 7.17. The lowest BCUT2D eigenvalue weighted by Gasteiger charge is -2.06. The maximum absolute atomic E-state index is 4.76. The summed E-state index contributed by atoms with van der Waals surface area (Å²) in [5.74, 6) is 1.59. The maximum atomic E-state index is 4.76. The van der Waals surface area contributed by atoms with Gasteiger partial charge in [-0.3, -0.25) is 0 Å². The first-order valence-electron chi connectivity index (χ1n) is 7.33. The third kappa shape index (κ3) is 1.88. The Balaban J connectivity index is 1.73. The zero-order chi connectivity index (χ0) is 14.5. The van der Waals surface area contributed by atoms with Crippen LogP contribution in [0.2, 0.25) is 0 Å². The molecule has 1 saturated carbocycles. The van der Waals surface area contributed by atoms with E-state index in [-0.39, 0.29) is 0 Å². The fourth-order valence-corrected chi connectivity index (χ4v) is 3.57. The highest BCUT2D eigenvalue weighted by Crippen LogP contribution is 2.34. The normalized spacial score (nSPS) is 14.7. The Labute approximate surface area is 130 Å². The van der Waals surface area contributed by atoms with Crippen LogP contribution in [0.25, 0.3) is 32.6 Å². The molecule has 0 bridgehead atoms. The molecule has 0 amide bonds. The second-order valence-corrected chi connectivity index (χ2v) is 6.47. The molecular weight excluding hydrogens is 294 g/mol. The van der Waals surface area contributed by atoms with E-state index in [9.17, 15) is 0 Å². The van der Waals surface area contributed by atoms with Crippen LogP contribution in [-0.2, 0) is 0 Å². The van der Waals surface area contributed by atoms with Crippen LogP contribution in [0, 0.1) is 0 Å². The summed E-state index contributed by atoms with van der Waals surface area (Å²) in [6.07, 6.45) is 4.08. The van der Waals surface area contributed by atoms with Crippen molar-refractivity contribution in [2.75, 3.05) is 5.32 Å². The molecule has 6 heteroatoms. The lowest BCUT2D eigenvalue weighted by atomic mass is 10.1. The first-order valence-corrected chi connectivity index (χ1v) is 8.21. The number of fused-ring (bicyclic) bond motifs is 2. The number of H-pyrrole nitrogens is 1. The molecule has 1 fully saturated rings. The maximum Gasteiger partial charge on any atom is 0.183 e. The minimum atomic E-state index is 0.536. The Morgan fingerprint density at radius 3 is 3.00 bits per heavy atom. The number of benzene rings is 1. The molecule has 108 valence electrons. The van der Waals surface area contributed by atoms with Crippen LogP contribution >= 0.6 is 11.3 Å². The van der Waals surface area contributed by atoms with Gasteiger partial charge in [-0.05, 0) is 18.9 Å². The van der Waals surface area contributed by atoms with Crippen molar-refractivity contribution in [3.8, 4) is 11.4 Å². The van der Waals surface area contributed by atoms with E-state index in [0.717, 1.165) is 22.7 Å². The molecule has 0 radical (unpaired) electrons. The minimum absolute atomic E-state index is 0.536. The van der Waals surface area contributed by atoms with E-state index in [1.807, 2.05) is 0 Å². The molecule has 0 atom stereocenters. The molecule has 1 aromatic carbocycles. The molecule has 1 aliphatic rings. The van der Waals surface area contributed by atoms with E-state index >= 15 is 0 Å². The highest BCUT2D eigenvalue weighted by Gasteiger charge is 2.23. The first-order chi connectivity index (χ1) is 10.9. The molecule has 0 saturated heterocycles. The Hall–Kier alpha value is -2.47. The summed E-state index contributed by atoms with van der Waals surface area (Å²) in [7, 11) is 0. The highest BCUT2D eigenvalue weighted by atomic mass is 32.1. The third-order valence-corrected chi connectivity index (χ3v) is 4.89. The zero-order valence-electron chi connectivity index (χ0n) is 11.7. The van der Waals surface area contributed by atoms with Crippen LogP contribution in [0.1, 0.15) is 12.8 Å². The molecule has 0 unspecified atom stereocenters. The second-order valence-electron chi connectivity index (χ2n) is 5.56. The quantitative estimate of drug-likeness (QED) is 0.604. The number of aromatic nitrogens is 4. The van der Waals surface area contributed by atoms with Gasteiger partial charge in [0.1, 0.15) is 5.52 Å². The van der Waals surface area contributed by atoms with Crippen molar-refractivity contribution in [3.05, 3.63) is 36.0 Å². The molecular formula is C16H13N5S. The standard InChI is InChI=1S/C16H13N5S/c1-2-4-12-10(3-1)11(7-22-12)14-20-15-13(17-8-18-15)16(21-14)19-9-5-6-9/h1-4,7-9H,5-6H2,(H2,17,18,19,20,21). The molecule has 2 N–H and O–H groups in total. The largest absolute Gasteiger partial charge is 0.365 e. The first kappa shape index (κ1) is 12.1. The summed E-state index contributed by atoms with van der Waals surface area (Å²) in [5.41, 5.74) is 2.67. The number of thiophene rings is 1. The Bertz CT molecular complexity index is 982. The predicted molar refractivity (Wildman–Crippen MR) is 89.1 cm³/mol. The van der Waals surface area contributed by atoms with Crippen molar-refractivity contribution >= 4 is 38.4 Å². The van der Waals surface area contributed by atoms with Crippen molar-refractivity contribution < 1.29 is 0 Å². The topological polar surface area (TPSA) is 66.5 Å². The summed E-state index contributed by atoms with van der Waals surface area (Å²) in [4.78, 5) is 16.8. The van der Waals surface area contributed by atoms with Gasteiger partial charge in [-0.25, -0.2) is 15.0 Å². The second kappa shape index (κ2) is 4.51. The van der Waals surface area contributed by atoms with Crippen molar-refractivity contribution in [2.45, 2.75) is 18.9 Å². The van der Waals surface area contributed by atoms with Crippen LogP contribution in [0.4, 0.5) is 5.82 Å². The van der Waals surface area contributed by atoms with Gasteiger partial charge in [-0.1, -0.05) is 18.2 Å². The average molecular weight is 307 g/mol. The van der Waals surface area contributed by atoms with Gasteiger partial charge in [-0.15, -0.1) is 11.3 Å². The lowest BCUT2D eigenvalue weighted by Crippen LogP contribution is -2.05. The van der Waals surface area contributed by atoms with E-state index in [0.29, 0.717) is 11.7 Å². The van der Waals surface area contributed by atoms with Crippen molar-refractivity contribution in [3.63, 3.8) is 0 Å². The zero-order valence-corrected chi connectivity index (χ0v) is 12.5. The van der Waals surface area contributed by atoms with Crippen molar-refractivity contribution in [1.29, 1.82) is 0 Å². The van der Waals surface area contributed by atoms with Gasteiger partial charge in [0, 0.05) is 27.1 Å². The van der Waals surface area contributed by atoms with Gasteiger partial charge in [-0.2, -0.15) is 0 Å². The predicted octanol–water partition coefficient (Wildman–Crippen LogP) is 3.81. The minimum Gasteiger partial charge on any atom is -0.365 e. The van der Waals surface area contributed by atoms with E-state index < -0.39 is 0 Å². The number of nitrogens with zero attached hydrogens (tertiary/aromatic N) is 3.